The summed E-state index contributed by atoms with van der Waals surface area (Å²) < 4.78 is 54.2. The monoisotopic (exact) mass is 691 g/mol. The highest BCUT2D eigenvalue weighted by atomic mass is 16.6. The molecule has 49 heavy (non-hydrogen) atoms. The highest BCUT2D eigenvalue weighted by Crippen LogP contribution is 2.21. The van der Waals surface area contributed by atoms with Crippen LogP contribution in [-0.2, 0) is 47.4 Å². The van der Waals surface area contributed by atoms with Crippen LogP contribution in [0.4, 0.5) is 0 Å². The van der Waals surface area contributed by atoms with E-state index >= 15 is 0 Å². The third-order valence-electron chi connectivity index (χ3n) is 6.78. The highest BCUT2D eigenvalue weighted by molar-refractivity contribution is 6.21. The van der Waals surface area contributed by atoms with Crippen LogP contribution in [0.2, 0.25) is 0 Å². The molecule has 0 saturated heterocycles. The van der Waals surface area contributed by atoms with Crippen molar-refractivity contribution >= 4 is 17.8 Å². The van der Waals surface area contributed by atoms with Crippen molar-refractivity contribution in [2.45, 2.75) is 0 Å². The smallest absolute Gasteiger partial charge is 0.338 e. The molecule has 2 aromatic carbocycles. The molecule has 14 nitrogen and oxygen atoms in total. The van der Waals surface area contributed by atoms with Gasteiger partial charge in [0.1, 0.15) is 6.61 Å². The van der Waals surface area contributed by atoms with Crippen molar-refractivity contribution in [1.82, 2.24) is 4.90 Å². The van der Waals surface area contributed by atoms with Crippen LogP contribution >= 0.6 is 0 Å². The van der Waals surface area contributed by atoms with E-state index < -0.39 is 0 Å². The van der Waals surface area contributed by atoms with E-state index in [0.29, 0.717) is 129 Å². The van der Waals surface area contributed by atoms with Gasteiger partial charge < -0.3 is 47.4 Å². The Hall–Kier alpha value is -3.31. The Morgan fingerprint density at radius 3 is 1.08 bits per heavy atom. The second-order valence-electron chi connectivity index (χ2n) is 10.3. The zero-order valence-electron chi connectivity index (χ0n) is 28.1. The summed E-state index contributed by atoms with van der Waals surface area (Å²) in [4.78, 5) is 37.6. The number of amides is 2. The lowest BCUT2D eigenvalue weighted by molar-refractivity contribution is -0.0260. The van der Waals surface area contributed by atoms with Gasteiger partial charge in [0.15, 0.2) is 0 Å². The minimum absolute atomic E-state index is 0.193. The maximum atomic E-state index is 12.3. The number of hydrogen-bond acceptors (Lipinski definition) is 13. The van der Waals surface area contributed by atoms with Gasteiger partial charge >= 0.3 is 5.97 Å². The zero-order chi connectivity index (χ0) is 34.6. The molecule has 0 aliphatic carbocycles. The normalized spacial score (nSPS) is 12.5. The van der Waals surface area contributed by atoms with Crippen LogP contribution in [-0.4, -0.2) is 155 Å². The van der Waals surface area contributed by atoms with E-state index in [1.165, 1.54) is 4.90 Å². The van der Waals surface area contributed by atoms with E-state index in [0.717, 1.165) is 0 Å². The third-order valence-corrected chi connectivity index (χ3v) is 6.78. The molecule has 3 rings (SSSR count). The van der Waals surface area contributed by atoms with Crippen LogP contribution in [0.25, 0.3) is 0 Å². The number of benzene rings is 2. The molecule has 0 unspecified atom stereocenters. The summed E-state index contributed by atoms with van der Waals surface area (Å²) in [6.07, 6.45) is 0. The Morgan fingerprint density at radius 2 is 0.714 bits per heavy atom. The average molecular weight is 692 g/mol. The van der Waals surface area contributed by atoms with E-state index in [1.54, 1.807) is 48.5 Å². The molecule has 1 aliphatic rings. The summed E-state index contributed by atoms with van der Waals surface area (Å²) in [5.41, 5.74) is 1.40. The molecule has 1 aliphatic heterocycles. The largest absolute Gasteiger partial charge is 0.460 e. The first-order valence-electron chi connectivity index (χ1n) is 16.6. The van der Waals surface area contributed by atoms with Gasteiger partial charge in [-0.25, -0.2) is 4.79 Å². The lowest BCUT2D eigenvalue weighted by atomic mass is 10.1. The number of fused-ring (bicyclic) bond motifs is 1. The van der Waals surface area contributed by atoms with Gasteiger partial charge in [0.2, 0.25) is 0 Å². The van der Waals surface area contributed by atoms with Crippen molar-refractivity contribution in [3.63, 3.8) is 0 Å². The van der Waals surface area contributed by atoms with Crippen LogP contribution in [0.5, 0.6) is 0 Å². The second kappa shape index (κ2) is 26.5. The molecule has 0 aromatic heterocycles. The summed E-state index contributed by atoms with van der Waals surface area (Å²) in [5.74, 6) is -0.926. The standard InChI is InChI=1S/C35H49NO13/c37-33-31-8-4-5-9-32(31)34(38)36(33)10-11-40-12-13-41-14-15-42-16-17-43-18-19-44-20-21-45-22-23-46-24-25-47-26-27-48-28-29-49-35(39)30-6-2-1-3-7-30/h1-9H,10-29H2. The molecule has 14 heteroatoms. The fourth-order valence-electron chi connectivity index (χ4n) is 4.31. The Morgan fingerprint density at radius 1 is 0.408 bits per heavy atom. The van der Waals surface area contributed by atoms with Crippen LogP contribution in [0.3, 0.4) is 0 Å². The fraction of sp³-hybridized carbons (Fsp3) is 0.571. The van der Waals surface area contributed by atoms with E-state index in [4.69, 9.17) is 47.4 Å². The molecule has 1 heterocycles. The van der Waals surface area contributed by atoms with Crippen molar-refractivity contribution in [2.24, 2.45) is 0 Å². The molecular weight excluding hydrogens is 642 g/mol. The first-order valence-corrected chi connectivity index (χ1v) is 16.6. The zero-order valence-corrected chi connectivity index (χ0v) is 28.1. The Kier molecular flexibility index (Phi) is 21.7. The Balaban J connectivity index is 0.934. The quantitative estimate of drug-likeness (QED) is 0.0648. The topological polar surface area (TPSA) is 147 Å². The maximum Gasteiger partial charge on any atom is 0.338 e. The van der Waals surface area contributed by atoms with Gasteiger partial charge in [-0.15, -0.1) is 0 Å². The van der Waals surface area contributed by atoms with E-state index in [1.807, 2.05) is 6.07 Å². The van der Waals surface area contributed by atoms with E-state index in [-0.39, 0.29) is 37.5 Å². The number of carbonyl (C=O) groups is 3. The number of ether oxygens (including phenoxy) is 10. The molecule has 0 saturated carbocycles. The van der Waals surface area contributed by atoms with Crippen LogP contribution in [0.1, 0.15) is 31.1 Å². The first-order chi connectivity index (χ1) is 24.2. The van der Waals surface area contributed by atoms with Crippen LogP contribution in [0, 0.1) is 0 Å². The van der Waals surface area contributed by atoms with Gasteiger partial charge in [-0.2, -0.15) is 0 Å². The summed E-state index contributed by atoms with van der Waals surface area (Å²) >= 11 is 0. The van der Waals surface area contributed by atoms with Gasteiger partial charge in [-0.3, -0.25) is 14.5 Å². The summed E-state index contributed by atoms with van der Waals surface area (Å²) in [6, 6.07) is 15.6. The maximum absolute atomic E-state index is 12.3. The third kappa shape index (κ3) is 17.3. The van der Waals surface area contributed by atoms with Crippen molar-refractivity contribution in [1.29, 1.82) is 0 Å². The molecule has 272 valence electrons. The number of esters is 1. The fourth-order valence-corrected chi connectivity index (χ4v) is 4.31. The van der Waals surface area contributed by atoms with Gasteiger partial charge in [0, 0.05) is 0 Å². The van der Waals surface area contributed by atoms with Crippen LogP contribution < -0.4 is 0 Å². The first kappa shape index (κ1) is 40.1. The minimum Gasteiger partial charge on any atom is -0.460 e. The molecule has 0 spiro atoms. The Labute approximate surface area is 287 Å². The molecular formula is C35H49NO13. The number of carbonyl (C=O) groups excluding carboxylic acids is 3. The SMILES string of the molecule is O=C(OCCOCCOCCOCCOCCOCCOCCOCCOCCOCCN1C(=O)c2ccccc2C1=O)c1ccccc1. The minimum atomic E-state index is -0.363. The summed E-state index contributed by atoms with van der Waals surface area (Å²) in [6.45, 7) is 8.08. The van der Waals surface area contributed by atoms with Gasteiger partial charge in [-0.1, -0.05) is 30.3 Å². The van der Waals surface area contributed by atoms with Crippen molar-refractivity contribution in [3.8, 4) is 0 Å². The van der Waals surface area contributed by atoms with Gasteiger partial charge in [0.25, 0.3) is 11.8 Å². The number of hydrogen-bond donors (Lipinski definition) is 0. The predicted octanol–water partition coefficient (Wildman–Crippen LogP) is 2.29. The van der Waals surface area contributed by atoms with Gasteiger partial charge in [0.05, 0.1) is 142 Å². The number of nitrogens with zero attached hydrogens (tertiary/aromatic N) is 1. The molecule has 0 radical (unpaired) electrons. The van der Waals surface area contributed by atoms with E-state index in [2.05, 4.69) is 0 Å². The van der Waals surface area contributed by atoms with Crippen molar-refractivity contribution in [2.75, 3.05) is 132 Å². The molecule has 0 atom stereocenters. The molecule has 2 amide bonds. The summed E-state index contributed by atoms with van der Waals surface area (Å²) in [7, 11) is 0. The Bertz CT molecular complexity index is 1150. The summed E-state index contributed by atoms with van der Waals surface area (Å²) in [5, 5.41) is 0. The lowest BCUT2D eigenvalue weighted by Crippen LogP contribution is -2.33. The van der Waals surface area contributed by atoms with Gasteiger partial charge in [-0.05, 0) is 24.3 Å². The molecule has 0 fully saturated rings. The molecule has 0 N–H and O–H groups in total. The molecule has 0 bridgehead atoms. The predicted molar refractivity (Wildman–Crippen MR) is 176 cm³/mol. The van der Waals surface area contributed by atoms with Crippen LogP contribution in [0.15, 0.2) is 54.6 Å². The molecule has 2 aromatic rings. The number of imide groups is 1. The number of rotatable bonds is 31. The van der Waals surface area contributed by atoms with E-state index in [9.17, 15) is 14.4 Å². The lowest BCUT2D eigenvalue weighted by Gasteiger charge is -2.13. The second-order valence-corrected chi connectivity index (χ2v) is 10.3. The average Bonchev–Trinajstić information content (AvgIpc) is 3.37. The highest BCUT2D eigenvalue weighted by Gasteiger charge is 2.34. The van der Waals surface area contributed by atoms with Crippen molar-refractivity contribution in [3.05, 3.63) is 71.3 Å². The van der Waals surface area contributed by atoms with Crippen molar-refractivity contribution < 1.29 is 61.8 Å².